The van der Waals surface area contributed by atoms with Crippen molar-refractivity contribution in [3.05, 3.63) is 46.5 Å². The van der Waals surface area contributed by atoms with Gasteiger partial charge in [0.05, 0.1) is 0 Å². The van der Waals surface area contributed by atoms with E-state index >= 15 is 0 Å². The highest BCUT2D eigenvalue weighted by molar-refractivity contribution is 9.10. The minimum atomic E-state index is 0.0190. The number of rotatable bonds is 3. The quantitative estimate of drug-likeness (QED) is 0.771. The molecular weight excluding hydrogens is 254 g/mol. The Morgan fingerprint density at radius 2 is 1.93 bits per heavy atom. The smallest absolute Gasteiger partial charge is 0.253 e. The monoisotopic (exact) mass is 267 g/mol. The van der Waals surface area contributed by atoms with Crippen LogP contribution in [0.1, 0.15) is 17.3 Å². The fourth-order valence-electron chi connectivity index (χ4n) is 1.29. The van der Waals surface area contributed by atoms with E-state index in [1.807, 2.05) is 19.1 Å². The van der Waals surface area contributed by atoms with Gasteiger partial charge in [-0.15, -0.1) is 0 Å². The van der Waals surface area contributed by atoms with Crippen molar-refractivity contribution in [3.63, 3.8) is 0 Å². The van der Waals surface area contributed by atoms with Crippen molar-refractivity contribution in [2.24, 2.45) is 0 Å². The molecule has 0 aromatic heterocycles. The molecule has 0 spiro atoms. The second-order valence-corrected chi connectivity index (χ2v) is 4.54. The molecule has 0 aliphatic rings. The fourth-order valence-corrected chi connectivity index (χ4v) is 1.55. The lowest BCUT2D eigenvalue weighted by Crippen LogP contribution is -2.28. The normalized spacial score (nSPS) is 9.80. The van der Waals surface area contributed by atoms with Crippen molar-refractivity contribution in [1.29, 1.82) is 0 Å². The number of hydrogen-bond acceptors (Lipinski definition) is 1. The first-order valence-corrected chi connectivity index (χ1v) is 5.45. The van der Waals surface area contributed by atoms with Gasteiger partial charge in [-0.25, -0.2) is 0 Å². The Morgan fingerprint density at radius 3 is 2.40 bits per heavy atom. The van der Waals surface area contributed by atoms with Crippen LogP contribution in [0.5, 0.6) is 0 Å². The standard InChI is InChI=1S/C12H14BrNO/c1-9(2)8-14(3)12(15)10-4-6-11(13)7-5-10/h4-7H,1,8H2,2-3H3. The molecule has 0 heterocycles. The Bertz CT molecular complexity index is 370. The molecule has 0 fully saturated rings. The van der Waals surface area contributed by atoms with Gasteiger partial charge in [0.1, 0.15) is 0 Å². The van der Waals surface area contributed by atoms with Crippen LogP contribution in [0.2, 0.25) is 0 Å². The van der Waals surface area contributed by atoms with Crippen molar-refractivity contribution in [2.75, 3.05) is 13.6 Å². The Morgan fingerprint density at radius 1 is 1.40 bits per heavy atom. The molecule has 1 aromatic carbocycles. The van der Waals surface area contributed by atoms with Gasteiger partial charge in [0.25, 0.3) is 5.91 Å². The highest BCUT2D eigenvalue weighted by atomic mass is 79.9. The van der Waals surface area contributed by atoms with Crippen molar-refractivity contribution in [2.45, 2.75) is 6.92 Å². The number of hydrogen-bond donors (Lipinski definition) is 0. The van der Waals surface area contributed by atoms with E-state index < -0.39 is 0 Å². The van der Waals surface area contributed by atoms with Gasteiger partial charge >= 0.3 is 0 Å². The van der Waals surface area contributed by atoms with E-state index in [4.69, 9.17) is 0 Å². The van der Waals surface area contributed by atoms with E-state index in [0.717, 1.165) is 10.0 Å². The van der Waals surface area contributed by atoms with Crippen LogP contribution in [0, 0.1) is 0 Å². The first-order chi connectivity index (χ1) is 7.00. The Balaban J connectivity index is 2.76. The molecule has 0 radical (unpaired) electrons. The Labute approximate surface area is 98.7 Å². The third-order valence-corrected chi connectivity index (χ3v) is 2.47. The molecule has 0 saturated heterocycles. The topological polar surface area (TPSA) is 20.3 Å². The molecule has 80 valence electrons. The third kappa shape index (κ3) is 3.51. The average molecular weight is 268 g/mol. The molecule has 0 N–H and O–H groups in total. The predicted molar refractivity (Wildman–Crippen MR) is 65.9 cm³/mol. The maximum atomic E-state index is 11.9. The largest absolute Gasteiger partial charge is 0.338 e. The number of amides is 1. The highest BCUT2D eigenvalue weighted by Crippen LogP contribution is 2.12. The van der Waals surface area contributed by atoms with E-state index in [-0.39, 0.29) is 5.91 Å². The second kappa shape index (κ2) is 5.12. The summed E-state index contributed by atoms with van der Waals surface area (Å²) in [4.78, 5) is 13.5. The van der Waals surface area contributed by atoms with Gasteiger partial charge in [-0.3, -0.25) is 4.79 Å². The van der Waals surface area contributed by atoms with Gasteiger partial charge in [0, 0.05) is 23.6 Å². The number of halogens is 1. The first kappa shape index (κ1) is 12.0. The number of benzene rings is 1. The number of carbonyl (C=O) groups is 1. The summed E-state index contributed by atoms with van der Waals surface area (Å²) >= 11 is 3.33. The molecular formula is C12H14BrNO. The van der Waals surface area contributed by atoms with Crippen LogP contribution >= 0.6 is 15.9 Å². The minimum absolute atomic E-state index is 0.0190. The summed E-state index contributed by atoms with van der Waals surface area (Å²) in [6, 6.07) is 7.34. The summed E-state index contributed by atoms with van der Waals surface area (Å²) in [6.07, 6.45) is 0. The van der Waals surface area contributed by atoms with Gasteiger partial charge in [-0.1, -0.05) is 28.1 Å². The van der Waals surface area contributed by atoms with Crippen LogP contribution in [0.15, 0.2) is 40.9 Å². The van der Waals surface area contributed by atoms with E-state index in [9.17, 15) is 4.79 Å². The van der Waals surface area contributed by atoms with E-state index in [1.54, 1.807) is 24.1 Å². The molecule has 1 rings (SSSR count). The second-order valence-electron chi connectivity index (χ2n) is 3.63. The predicted octanol–water partition coefficient (Wildman–Crippen LogP) is 3.10. The molecule has 0 saturated carbocycles. The maximum Gasteiger partial charge on any atom is 0.253 e. The van der Waals surface area contributed by atoms with Gasteiger partial charge in [0.2, 0.25) is 0 Å². The summed E-state index contributed by atoms with van der Waals surface area (Å²) in [7, 11) is 1.78. The minimum Gasteiger partial charge on any atom is -0.338 e. The lowest BCUT2D eigenvalue weighted by molar-refractivity contribution is 0.0807. The summed E-state index contributed by atoms with van der Waals surface area (Å²) in [5.74, 6) is 0.0190. The van der Waals surface area contributed by atoms with E-state index in [0.29, 0.717) is 12.1 Å². The molecule has 2 nitrogen and oxygen atoms in total. The van der Waals surface area contributed by atoms with Crippen LogP contribution in [-0.4, -0.2) is 24.4 Å². The summed E-state index contributed by atoms with van der Waals surface area (Å²) < 4.78 is 0.974. The lowest BCUT2D eigenvalue weighted by atomic mass is 10.2. The molecule has 0 atom stereocenters. The Hall–Kier alpha value is -1.09. The van der Waals surface area contributed by atoms with Crippen LogP contribution in [0.3, 0.4) is 0 Å². The van der Waals surface area contributed by atoms with Crippen LogP contribution in [-0.2, 0) is 0 Å². The zero-order valence-corrected chi connectivity index (χ0v) is 10.5. The number of likely N-dealkylation sites (N-methyl/N-ethyl adjacent to an activating group) is 1. The lowest BCUT2D eigenvalue weighted by Gasteiger charge is -2.17. The maximum absolute atomic E-state index is 11.9. The zero-order chi connectivity index (χ0) is 11.4. The number of carbonyl (C=O) groups excluding carboxylic acids is 1. The first-order valence-electron chi connectivity index (χ1n) is 4.66. The van der Waals surface area contributed by atoms with Crippen LogP contribution < -0.4 is 0 Å². The average Bonchev–Trinajstić information content (AvgIpc) is 2.17. The molecule has 0 aliphatic heterocycles. The van der Waals surface area contributed by atoms with E-state index in [2.05, 4.69) is 22.5 Å². The third-order valence-electron chi connectivity index (χ3n) is 1.94. The SMILES string of the molecule is C=C(C)CN(C)C(=O)c1ccc(Br)cc1. The molecule has 0 unspecified atom stereocenters. The highest BCUT2D eigenvalue weighted by Gasteiger charge is 2.10. The van der Waals surface area contributed by atoms with Gasteiger partial charge in [0.15, 0.2) is 0 Å². The van der Waals surface area contributed by atoms with Gasteiger partial charge < -0.3 is 4.90 Å². The summed E-state index contributed by atoms with van der Waals surface area (Å²) in [5, 5.41) is 0. The summed E-state index contributed by atoms with van der Waals surface area (Å²) in [5.41, 5.74) is 1.67. The molecule has 1 amide bonds. The zero-order valence-electron chi connectivity index (χ0n) is 8.96. The molecule has 0 bridgehead atoms. The van der Waals surface area contributed by atoms with Crippen molar-refractivity contribution < 1.29 is 4.79 Å². The van der Waals surface area contributed by atoms with Gasteiger partial charge in [-0.05, 0) is 31.2 Å². The van der Waals surface area contributed by atoms with Crippen LogP contribution in [0.4, 0.5) is 0 Å². The molecule has 3 heteroatoms. The van der Waals surface area contributed by atoms with Crippen molar-refractivity contribution in [3.8, 4) is 0 Å². The van der Waals surface area contributed by atoms with E-state index in [1.165, 1.54) is 0 Å². The molecule has 0 aliphatic carbocycles. The number of nitrogens with zero attached hydrogens (tertiary/aromatic N) is 1. The molecule has 15 heavy (non-hydrogen) atoms. The summed E-state index contributed by atoms with van der Waals surface area (Å²) in [6.45, 7) is 6.28. The van der Waals surface area contributed by atoms with Crippen molar-refractivity contribution in [1.82, 2.24) is 4.90 Å². The fraction of sp³-hybridized carbons (Fsp3) is 0.250. The molecule has 1 aromatic rings. The van der Waals surface area contributed by atoms with Gasteiger partial charge in [-0.2, -0.15) is 0 Å². The van der Waals surface area contributed by atoms with Crippen LogP contribution in [0.25, 0.3) is 0 Å². The van der Waals surface area contributed by atoms with Crippen molar-refractivity contribution >= 4 is 21.8 Å². The Kier molecular flexibility index (Phi) is 4.09.